The Kier molecular flexibility index (Phi) is 4.58. The monoisotopic (exact) mass is 218 g/mol. The van der Waals surface area contributed by atoms with Crippen LogP contribution in [0.1, 0.15) is 20.3 Å². The number of amides is 1. The van der Waals surface area contributed by atoms with E-state index in [1.807, 2.05) is 37.3 Å². The highest BCUT2D eigenvalue weighted by Crippen LogP contribution is 2.07. The number of rotatable bonds is 5. The number of hydrogen-bond donors (Lipinski definition) is 2. The fraction of sp³-hybridized carbons (Fsp3) is 0.308. The molecule has 1 amide bonds. The van der Waals surface area contributed by atoms with E-state index in [1.165, 1.54) is 0 Å². The highest BCUT2D eigenvalue weighted by atomic mass is 16.1. The fourth-order valence-electron chi connectivity index (χ4n) is 1.26. The van der Waals surface area contributed by atoms with E-state index in [2.05, 4.69) is 17.2 Å². The molecule has 0 heterocycles. The summed E-state index contributed by atoms with van der Waals surface area (Å²) in [5.41, 5.74) is 1.52. The minimum Gasteiger partial charge on any atom is -0.365 e. The Labute approximate surface area is 96.6 Å². The van der Waals surface area contributed by atoms with Gasteiger partial charge in [-0.25, -0.2) is 0 Å². The summed E-state index contributed by atoms with van der Waals surface area (Å²) in [6, 6.07) is 9.80. The lowest BCUT2D eigenvalue weighted by Gasteiger charge is -2.19. The zero-order valence-electron chi connectivity index (χ0n) is 9.79. The highest BCUT2D eigenvalue weighted by molar-refractivity contribution is 5.92. The molecule has 1 rings (SSSR count). The van der Waals surface area contributed by atoms with Crippen molar-refractivity contribution < 1.29 is 4.79 Å². The van der Waals surface area contributed by atoms with Crippen LogP contribution in [-0.4, -0.2) is 12.1 Å². The molecule has 0 aliphatic rings. The zero-order valence-corrected chi connectivity index (χ0v) is 9.79. The Morgan fingerprint density at radius 2 is 2.00 bits per heavy atom. The average Bonchev–Trinajstić information content (AvgIpc) is 2.29. The van der Waals surface area contributed by atoms with Crippen molar-refractivity contribution in [2.75, 3.05) is 5.32 Å². The van der Waals surface area contributed by atoms with Crippen LogP contribution in [0.2, 0.25) is 0 Å². The Balaban J connectivity index is 2.56. The van der Waals surface area contributed by atoms with Gasteiger partial charge in [-0.05, 0) is 25.5 Å². The summed E-state index contributed by atoms with van der Waals surface area (Å²) in [6.45, 7) is 7.32. The molecule has 0 radical (unpaired) electrons. The van der Waals surface area contributed by atoms with Gasteiger partial charge in [-0.15, -0.1) is 0 Å². The molecule has 3 heteroatoms. The van der Waals surface area contributed by atoms with Crippen LogP contribution in [0.4, 0.5) is 5.69 Å². The molecule has 0 aliphatic heterocycles. The van der Waals surface area contributed by atoms with E-state index in [-0.39, 0.29) is 12.1 Å². The number of carbonyl (C=O) groups excluding carboxylic acids is 1. The second-order valence-electron chi connectivity index (χ2n) is 3.72. The normalized spacial score (nSPS) is 11.6. The molecule has 0 saturated heterocycles. The zero-order chi connectivity index (χ0) is 12.0. The molecular weight excluding hydrogens is 200 g/mol. The SMILES string of the molecule is C=C(C)C(=O)NC(CC)Nc1ccccc1. The lowest BCUT2D eigenvalue weighted by molar-refractivity contribution is -0.117. The molecule has 1 atom stereocenters. The molecule has 1 aromatic rings. The van der Waals surface area contributed by atoms with E-state index in [0.29, 0.717) is 5.57 Å². The summed E-state index contributed by atoms with van der Waals surface area (Å²) in [5, 5.41) is 6.11. The first-order chi connectivity index (χ1) is 7.63. The summed E-state index contributed by atoms with van der Waals surface area (Å²) in [4.78, 5) is 11.5. The third-order valence-corrected chi connectivity index (χ3v) is 2.22. The first-order valence-electron chi connectivity index (χ1n) is 5.41. The van der Waals surface area contributed by atoms with E-state index < -0.39 is 0 Å². The van der Waals surface area contributed by atoms with Crippen molar-refractivity contribution in [3.05, 3.63) is 42.5 Å². The summed E-state index contributed by atoms with van der Waals surface area (Å²) >= 11 is 0. The van der Waals surface area contributed by atoms with Gasteiger partial charge in [0.15, 0.2) is 0 Å². The van der Waals surface area contributed by atoms with Gasteiger partial charge in [0.05, 0.1) is 6.17 Å². The number of anilines is 1. The van der Waals surface area contributed by atoms with E-state index >= 15 is 0 Å². The molecule has 0 aromatic heterocycles. The van der Waals surface area contributed by atoms with Crippen molar-refractivity contribution in [3.63, 3.8) is 0 Å². The van der Waals surface area contributed by atoms with Gasteiger partial charge < -0.3 is 10.6 Å². The first-order valence-corrected chi connectivity index (χ1v) is 5.41. The van der Waals surface area contributed by atoms with Crippen LogP contribution >= 0.6 is 0 Å². The maximum Gasteiger partial charge on any atom is 0.247 e. The van der Waals surface area contributed by atoms with Crippen molar-refractivity contribution in [3.8, 4) is 0 Å². The van der Waals surface area contributed by atoms with Crippen molar-refractivity contribution in [2.45, 2.75) is 26.4 Å². The molecule has 0 saturated carbocycles. The summed E-state index contributed by atoms with van der Waals surface area (Å²) in [7, 11) is 0. The maximum absolute atomic E-state index is 11.5. The maximum atomic E-state index is 11.5. The Morgan fingerprint density at radius 1 is 1.38 bits per heavy atom. The van der Waals surface area contributed by atoms with Gasteiger partial charge in [0.2, 0.25) is 5.91 Å². The molecule has 0 bridgehead atoms. The molecule has 86 valence electrons. The molecule has 0 fully saturated rings. The second kappa shape index (κ2) is 5.95. The lowest BCUT2D eigenvalue weighted by atomic mass is 10.2. The molecule has 2 N–H and O–H groups in total. The van der Waals surface area contributed by atoms with Gasteiger partial charge in [-0.1, -0.05) is 31.7 Å². The van der Waals surface area contributed by atoms with Gasteiger partial charge in [0, 0.05) is 11.3 Å². The standard InChI is InChI=1S/C13H18N2O/c1-4-12(15-13(16)10(2)3)14-11-8-6-5-7-9-11/h5-9,12,14H,2,4H2,1,3H3,(H,15,16). The van der Waals surface area contributed by atoms with Crippen molar-refractivity contribution in [1.29, 1.82) is 0 Å². The molecule has 3 nitrogen and oxygen atoms in total. The van der Waals surface area contributed by atoms with Crippen molar-refractivity contribution in [2.24, 2.45) is 0 Å². The Morgan fingerprint density at radius 3 is 2.50 bits per heavy atom. The smallest absolute Gasteiger partial charge is 0.247 e. The summed E-state index contributed by atoms with van der Waals surface area (Å²) in [6.07, 6.45) is 0.750. The minimum absolute atomic E-state index is 0.0633. The third kappa shape index (κ3) is 3.77. The molecule has 16 heavy (non-hydrogen) atoms. The lowest BCUT2D eigenvalue weighted by Crippen LogP contribution is -2.40. The van der Waals surface area contributed by atoms with Crippen LogP contribution in [0.5, 0.6) is 0 Å². The van der Waals surface area contributed by atoms with Gasteiger partial charge >= 0.3 is 0 Å². The molecule has 1 unspecified atom stereocenters. The Hall–Kier alpha value is -1.77. The molecule has 0 spiro atoms. The fourth-order valence-corrected chi connectivity index (χ4v) is 1.26. The highest BCUT2D eigenvalue weighted by Gasteiger charge is 2.09. The number of carbonyl (C=O) groups is 1. The number of hydrogen-bond acceptors (Lipinski definition) is 2. The predicted octanol–water partition coefficient (Wildman–Crippen LogP) is 2.53. The van der Waals surface area contributed by atoms with E-state index in [4.69, 9.17) is 0 Å². The van der Waals surface area contributed by atoms with Gasteiger partial charge in [0.1, 0.15) is 0 Å². The predicted molar refractivity (Wildman–Crippen MR) is 67.1 cm³/mol. The van der Waals surface area contributed by atoms with E-state index in [9.17, 15) is 4.79 Å². The van der Waals surface area contributed by atoms with Crippen LogP contribution in [0, 0.1) is 0 Å². The van der Waals surface area contributed by atoms with Crippen molar-refractivity contribution in [1.82, 2.24) is 5.32 Å². The van der Waals surface area contributed by atoms with Crippen LogP contribution in [0.3, 0.4) is 0 Å². The van der Waals surface area contributed by atoms with Crippen LogP contribution in [0.25, 0.3) is 0 Å². The van der Waals surface area contributed by atoms with E-state index in [1.54, 1.807) is 6.92 Å². The summed E-state index contributed by atoms with van der Waals surface area (Å²) < 4.78 is 0. The number of para-hydroxylation sites is 1. The van der Waals surface area contributed by atoms with Gasteiger partial charge in [-0.2, -0.15) is 0 Å². The topological polar surface area (TPSA) is 41.1 Å². The van der Waals surface area contributed by atoms with Crippen LogP contribution in [0.15, 0.2) is 42.5 Å². The van der Waals surface area contributed by atoms with Crippen LogP contribution in [-0.2, 0) is 4.79 Å². The quantitative estimate of drug-likeness (QED) is 0.589. The second-order valence-corrected chi connectivity index (χ2v) is 3.72. The molecular formula is C13H18N2O. The van der Waals surface area contributed by atoms with Gasteiger partial charge in [0.25, 0.3) is 0 Å². The number of benzene rings is 1. The average molecular weight is 218 g/mol. The molecule has 0 aliphatic carbocycles. The largest absolute Gasteiger partial charge is 0.365 e. The van der Waals surface area contributed by atoms with E-state index in [0.717, 1.165) is 12.1 Å². The third-order valence-electron chi connectivity index (χ3n) is 2.22. The molecule has 1 aromatic carbocycles. The van der Waals surface area contributed by atoms with Gasteiger partial charge in [-0.3, -0.25) is 4.79 Å². The minimum atomic E-state index is -0.115. The Bertz CT molecular complexity index is 359. The van der Waals surface area contributed by atoms with Crippen molar-refractivity contribution >= 4 is 11.6 Å². The first kappa shape index (κ1) is 12.3. The number of nitrogens with one attached hydrogen (secondary N) is 2. The summed E-state index contributed by atoms with van der Waals surface area (Å²) in [5.74, 6) is -0.115. The van der Waals surface area contributed by atoms with Crippen LogP contribution < -0.4 is 10.6 Å².